The van der Waals surface area contributed by atoms with Crippen molar-refractivity contribution in [3.05, 3.63) is 95.7 Å². The Hall–Kier alpha value is -3.54. The number of hydrogen-bond donors (Lipinski definition) is 2. The summed E-state index contributed by atoms with van der Waals surface area (Å²) >= 11 is 6.36. The number of ether oxygens (including phenoxy) is 1. The lowest BCUT2D eigenvalue weighted by molar-refractivity contribution is 0.122. The summed E-state index contributed by atoms with van der Waals surface area (Å²) in [6.07, 6.45) is 1.82. The van der Waals surface area contributed by atoms with Gasteiger partial charge < -0.3 is 19.9 Å². The average Bonchev–Trinajstić information content (AvgIpc) is 3.36. The van der Waals surface area contributed by atoms with Crippen molar-refractivity contribution in [1.29, 1.82) is 0 Å². The van der Waals surface area contributed by atoms with Crippen molar-refractivity contribution in [1.82, 2.24) is 9.97 Å². The van der Waals surface area contributed by atoms with Crippen LogP contribution in [0.5, 0.6) is 0 Å². The van der Waals surface area contributed by atoms with Gasteiger partial charge in [0.05, 0.1) is 25.1 Å². The fraction of sp³-hybridized carbons (Fsp3) is 0.179. The summed E-state index contributed by atoms with van der Waals surface area (Å²) in [5, 5.41) is 4.15. The van der Waals surface area contributed by atoms with Crippen LogP contribution in [0.15, 0.2) is 79.5 Å². The Morgan fingerprint density at radius 1 is 1.03 bits per heavy atom. The number of imidazole rings is 1. The quantitative estimate of drug-likeness (QED) is 0.332. The van der Waals surface area contributed by atoms with Crippen LogP contribution in [-0.4, -0.2) is 36.3 Å². The van der Waals surface area contributed by atoms with Crippen LogP contribution >= 0.6 is 11.6 Å². The van der Waals surface area contributed by atoms with Crippen LogP contribution in [-0.2, 0) is 4.74 Å². The minimum Gasteiger partial charge on any atom is -0.378 e. The standard InChI is InChI=1S/C28H27ClN4O/c1-19-7-10-22(17-25(19)28-30-18-27(32-28)24-5-3-4-6-26(24)29)31-20(2)21-8-11-23(12-9-21)33-13-15-34-16-14-33/h3-12,17-18,31H,2,13-16H2,1H3,(H,30,32). The molecule has 3 aromatic carbocycles. The van der Waals surface area contributed by atoms with Gasteiger partial charge in [-0.05, 0) is 48.4 Å². The normalized spacial score (nSPS) is 13.6. The predicted octanol–water partition coefficient (Wildman–Crippen LogP) is 6.62. The molecule has 172 valence electrons. The van der Waals surface area contributed by atoms with Gasteiger partial charge in [0.2, 0.25) is 0 Å². The monoisotopic (exact) mass is 470 g/mol. The Bertz CT molecular complexity index is 1310. The van der Waals surface area contributed by atoms with E-state index in [-0.39, 0.29) is 0 Å². The molecule has 1 aliphatic rings. The molecule has 0 radical (unpaired) electrons. The van der Waals surface area contributed by atoms with Gasteiger partial charge in [-0.1, -0.05) is 54.6 Å². The van der Waals surface area contributed by atoms with Crippen molar-refractivity contribution in [3.8, 4) is 22.6 Å². The number of H-pyrrole nitrogens is 1. The maximum atomic E-state index is 6.36. The van der Waals surface area contributed by atoms with Crippen LogP contribution in [0.25, 0.3) is 28.3 Å². The van der Waals surface area contributed by atoms with Crippen LogP contribution < -0.4 is 10.2 Å². The van der Waals surface area contributed by atoms with Crippen molar-refractivity contribution >= 4 is 28.7 Å². The maximum absolute atomic E-state index is 6.36. The number of morpholine rings is 1. The lowest BCUT2D eigenvalue weighted by atomic mass is 10.1. The molecule has 2 N–H and O–H groups in total. The topological polar surface area (TPSA) is 53.2 Å². The second kappa shape index (κ2) is 9.75. The number of aromatic amines is 1. The van der Waals surface area contributed by atoms with Crippen molar-refractivity contribution in [2.24, 2.45) is 0 Å². The minimum atomic E-state index is 0.695. The maximum Gasteiger partial charge on any atom is 0.138 e. The Balaban J connectivity index is 1.33. The van der Waals surface area contributed by atoms with E-state index in [4.69, 9.17) is 16.3 Å². The summed E-state index contributed by atoms with van der Waals surface area (Å²) in [6, 6.07) is 22.5. The second-order valence-electron chi connectivity index (χ2n) is 8.40. The van der Waals surface area contributed by atoms with Gasteiger partial charge in [-0.2, -0.15) is 0 Å². The molecule has 1 fully saturated rings. The third-order valence-electron chi connectivity index (χ3n) is 6.12. The molecule has 34 heavy (non-hydrogen) atoms. The number of nitrogens with zero attached hydrogens (tertiary/aromatic N) is 2. The molecular formula is C28H27ClN4O. The fourth-order valence-electron chi connectivity index (χ4n) is 4.17. The zero-order valence-corrected chi connectivity index (χ0v) is 19.9. The van der Waals surface area contributed by atoms with Crippen LogP contribution in [0.3, 0.4) is 0 Å². The van der Waals surface area contributed by atoms with E-state index < -0.39 is 0 Å². The molecule has 5 rings (SSSR count). The lowest BCUT2D eigenvalue weighted by Crippen LogP contribution is -2.36. The van der Waals surface area contributed by atoms with E-state index in [0.29, 0.717) is 5.02 Å². The molecule has 0 aliphatic carbocycles. The largest absolute Gasteiger partial charge is 0.378 e. The molecule has 0 spiro atoms. The molecular weight excluding hydrogens is 444 g/mol. The van der Waals surface area contributed by atoms with E-state index in [1.807, 2.05) is 30.5 Å². The number of nitrogens with one attached hydrogen (secondary N) is 2. The summed E-state index contributed by atoms with van der Waals surface area (Å²) in [6.45, 7) is 9.75. The smallest absolute Gasteiger partial charge is 0.138 e. The van der Waals surface area contributed by atoms with Crippen LogP contribution in [0, 0.1) is 6.92 Å². The minimum absolute atomic E-state index is 0.695. The van der Waals surface area contributed by atoms with Gasteiger partial charge in [0, 0.05) is 46.3 Å². The number of aryl methyl sites for hydroxylation is 1. The molecule has 0 saturated carbocycles. The predicted molar refractivity (Wildman–Crippen MR) is 141 cm³/mol. The van der Waals surface area contributed by atoms with E-state index in [1.54, 1.807) is 0 Å². The molecule has 1 saturated heterocycles. The number of halogens is 1. The highest BCUT2D eigenvalue weighted by Gasteiger charge is 2.13. The zero-order chi connectivity index (χ0) is 23.5. The first-order chi connectivity index (χ1) is 16.6. The molecule has 2 heterocycles. The van der Waals surface area contributed by atoms with Crippen LogP contribution in [0.2, 0.25) is 5.02 Å². The highest BCUT2D eigenvalue weighted by molar-refractivity contribution is 6.33. The molecule has 0 bridgehead atoms. The summed E-state index contributed by atoms with van der Waals surface area (Å²) in [4.78, 5) is 10.4. The Morgan fingerprint density at radius 2 is 1.79 bits per heavy atom. The van der Waals surface area contributed by atoms with E-state index in [2.05, 4.69) is 76.2 Å². The Kier molecular flexibility index (Phi) is 6.39. The first-order valence-corrected chi connectivity index (χ1v) is 11.8. The number of hydrogen-bond acceptors (Lipinski definition) is 4. The number of anilines is 2. The van der Waals surface area contributed by atoms with Crippen LogP contribution in [0.1, 0.15) is 11.1 Å². The van der Waals surface area contributed by atoms with Crippen molar-refractivity contribution in [2.75, 3.05) is 36.5 Å². The van der Waals surface area contributed by atoms with Gasteiger partial charge in [0.15, 0.2) is 0 Å². The fourth-order valence-corrected chi connectivity index (χ4v) is 4.41. The number of benzene rings is 3. The SMILES string of the molecule is C=C(Nc1ccc(C)c(-c2ncc(-c3ccccc3Cl)[nH]2)c1)c1ccc(N2CCOCC2)cc1. The number of aromatic nitrogens is 2. The summed E-state index contributed by atoms with van der Waals surface area (Å²) in [5.41, 5.74) is 8.05. The Labute approximate surface area is 205 Å². The van der Waals surface area contributed by atoms with Crippen molar-refractivity contribution < 1.29 is 4.74 Å². The van der Waals surface area contributed by atoms with E-state index in [1.165, 1.54) is 5.69 Å². The van der Waals surface area contributed by atoms with Gasteiger partial charge >= 0.3 is 0 Å². The average molecular weight is 471 g/mol. The third kappa shape index (κ3) is 4.72. The lowest BCUT2D eigenvalue weighted by Gasteiger charge is -2.29. The molecule has 6 heteroatoms. The number of rotatable bonds is 6. The third-order valence-corrected chi connectivity index (χ3v) is 6.45. The van der Waals surface area contributed by atoms with Crippen molar-refractivity contribution in [2.45, 2.75) is 6.92 Å². The van der Waals surface area contributed by atoms with Gasteiger partial charge in [0.1, 0.15) is 5.82 Å². The van der Waals surface area contributed by atoms with Gasteiger partial charge in [-0.25, -0.2) is 4.98 Å². The highest BCUT2D eigenvalue weighted by atomic mass is 35.5. The molecule has 0 unspecified atom stereocenters. The first kappa shape index (κ1) is 22.3. The van der Waals surface area contributed by atoms with E-state index >= 15 is 0 Å². The zero-order valence-electron chi connectivity index (χ0n) is 19.1. The molecule has 1 aromatic heterocycles. The van der Waals surface area contributed by atoms with Crippen LogP contribution in [0.4, 0.5) is 11.4 Å². The van der Waals surface area contributed by atoms with Gasteiger partial charge in [0.25, 0.3) is 0 Å². The Morgan fingerprint density at radius 3 is 2.56 bits per heavy atom. The van der Waals surface area contributed by atoms with Gasteiger partial charge in [-0.15, -0.1) is 0 Å². The van der Waals surface area contributed by atoms with Crippen molar-refractivity contribution in [3.63, 3.8) is 0 Å². The molecule has 0 atom stereocenters. The van der Waals surface area contributed by atoms with Gasteiger partial charge in [-0.3, -0.25) is 0 Å². The molecule has 0 amide bonds. The second-order valence-corrected chi connectivity index (χ2v) is 8.81. The molecule has 5 nitrogen and oxygen atoms in total. The molecule has 4 aromatic rings. The van der Waals surface area contributed by atoms with E-state index in [0.717, 1.165) is 71.5 Å². The summed E-state index contributed by atoms with van der Waals surface area (Å²) in [7, 11) is 0. The molecule has 1 aliphatic heterocycles. The summed E-state index contributed by atoms with van der Waals surface area (Å²) < 4.78 is 5.45. The first-order valence-electron chi connectivity index (χ1n) is 11.4. The van der Waals surface area contributed by atoms with E-state index in [9.17, 15) is 0 Å². The highest BCUT2D eigenvalue weighted by Crippen LogP contribution is 2.31. The summed E-state index contributed by atoms with van der Waals surface area (Å²) in [5.74, 6) is 0.802.